The summed E-state index contributed by atoms with van der Waals surface area (Å²) in [5, 5.41) is 3.01. The zero-order valence-electron chi connectivity index (χ0n) is 11.9. The number of nitrogen functional groups attached to an aromatic ring is 1. The molecule has 21 heavy (non-hydrogen) atoms. The third-order valence-electron chi connectivity index (χ3n) is 2.98. The fourth-order valence-electron chi connectivity index (χ4n) is 2.06. The molecule has 1 unspecified atom stereocenters. The maximum Gasteiger partial charge on any atom is 0.323 e. The van der Waals surface area contributed by atoms with Gasteiger partial charge in [0, 0.05) is 6.04 Å². The number of nitrogens with two attached hydrogens (primary N) is 1. The molecule has 0 radical (unpaired) electrons. The van der Waals surface area contributed by atoms with E-state index in [0.717, 1.165) is 12.8 Å². The molecule has 4 N–H and O–H groups in total. The van der Waals surface area contributed by atoms with E-state index in [4.69, 9.17) is 10.6 Å². The molecule has 1 aromatic heterocycles. The van der Waals surface area contributed by atoms with Crippen LogP contribution in [0.25, 0.3) is 0 Å². The van der Waals surface area contributed by atoms with Crippen molar-refractivity contribution in [3.63, 3.8) is 0 Å². The number of hydrazine groups is 1. The molecule has 118 valence electrons. The molecule has 9 nitrogen and oxygen atoms in total. The Kier molecular flexibility index (Phi) is 5.12. The number of ether oxygens (including phenoxy) is 1. The summed E-state index contributed by atoms with van der Waals surface area (Å²) in [5.74, 6) is 6.05. The average molecular weight is 316 g/mol. The largest absolute Gasteiger partial charge is 0.463 e. The van der Waals surface area contributed by atoms with Crippen LogP contribution in [0.5, 0.6) is 6.01 Å². The Bertz CT molecular complexity index is 579. The molecule has 1 aliphatic heterocycles. The Morgan fingerprint density at radius 1 is 1.33 bits per heavy atom. The van der Waals surface area contributed by atoms with Gasteiger partial charge in [0.2, 0.25) is 11.9 Å². The van der Waals surface area contributed by atoms with Gasteiger partial charge in [0.15, 0.2) is 9.84 Å². The lowest BCUT2D eigenvalue weighted by atomic mass is 10.2. The molecule has 10 heteroatoms. The molecular weight excluding hydrogens is 296 g/mol. The summed E-state index contributed by atoms with van der Waals surface area (Å²) in [7, 11) is -3.00. The molecule has 0 saturated carbocycles. The van der Waals surface area contributed by atoms with E-state index >= 15 is 0 Å². The first-order chi connectivity index (χ1) is 10.0. The Hall–Kier alpha value is -1.68. The Balaban J connectivity index is 2.11. The lowest BCUT2D eigenvalue weighted by molar-refractivity contribution is 0.292. The minimum atomic E-state index is -3.00. The first-order valence-corrected chi connectivity index (χ1v) is 8.67. The van der Waals surface area contributed by atoms with Crippen LogP contribution in [-0.4, -0.2) is 47.5 Å². The van der Waals surface area contributed by atoms with E-state index in [1.165, 1.54) is 0 Å². The molecule has 0 aliphatic carbocycles. The van der Waals surface area contributed by atoms with Crippen LogP contribution in [0.2, 0.25) is 0 Å². The molecular formula is C11H20N6O3S. The monoisotopic (exact) mass is 316 g/mol. The van der Waals surface area contributed by atoms with E-state index in [9.17, 15) is 8.42 Å². The zero-order chi connectivity index (χ0) is 15.3. The van der Waals surface area contributed by atoms with Crippen LogP contribution in [0.3, 0.4) is 0 Å². The van der Waals surface area contributed by atoms with Crippen LogP contribution in [0.4, 0.5) is 11.9 Å². The van der Waals surface area contributed by atoms with Crippen LogP contribution >= 0.6 is 0 Å². The van der Waals surface area contributed by atoms with Gasteiger partial charge in [-0.15, -0.1) is 0 Å². The SMILES string of the molecule is CCCOc1nc(NN)nc(NC2CCCS(=O)(=O)C2)n1. The third kappa shape index (κ3) is 4.67. The van der Waals surface area contributed by atoms with E-state index in [-0.39, 0.29) is 35.5 Å². The molecule has 0 bridgehead atoms. The predicted octanol–water partition coefficient (Wildman–Crippen LogP) is -0.0649. The summed E-state index contributed by atoms with van der Waals surface area (Å²) in [6.07, 6.45) is 2.20. The van der Waals surface area contributed by atoms with Crippen molar-refractivity contribution < 1.29 is 13.2 Å². The molecule has 0 amide bonds. The van der Waals surface area contributed by atoms with Gasteiger partial charge in [-0.05, 0) is 19.3 Å². The highest BCUT2D eigenvalue weighted by molar-refractivity contribution is 7.91. The van der Waals surface area contributed by atoms with Crippen molar-refractivity contribution in [1.29, 1.82) is 0 Å². The van der Waals surface area contributed by atoms with Gasteiger partial charge in [-0.25, -0.2) is 14.3 Å². The molecule has 1 aromatic rings. The predicted molar refractivity (Wildman–Crippen MR) is 78.7 cm³/mol. The van der Waals surface area contributed by atoms with Gasteiger partial charge in [0.25, 0.3) is 0 Å². The standard InChI is InChI=1S/C11H20N6O3S/c1-2-5-20-11-15-9(14-10(16-11)17-12)13-8-4-3-6-21(18,19)7-8/h8H,2-7,12H2,1H3,(H2,13,14,15,16,17). The van der Waals surface area contributed by atoms with Crippen LogP contribution in [0, 0.1) is 0 Å². The van der Waals surface area contributed by atoms with Gasteiger partial charge in [0.05, 0.1) is 18.1 Å². The quantitative estimate of drug-likeness (QED) is 0.487. The van der Waals surface area contributed by atoms with Crippen LogP contribution in [0.1, 0.15) is 26.2 Å². The third-order valence-corrected chi connectivity index (χ3v) is 4.80. The molecule has 0 spiro atoms. The van der Waals surface area contributed by atoms with E-state index < -0.39 is 9.84 Å². The number of rotatable bonds is 6. The summed E-state index contributed by atoms with van der Waals surface area (Å²) < 4.78 is 28.6. The normalized spacial score (nSPS) is 20.8. The van der Waals surface area contributed by atoms with Crippen molar-refractivity contribution in [2.24, 2.45) is 5.84 Å². The maximum absolute atomic E-state index is 11.6. The number of nitrogens with zero attached hydrogens (tertiary/aromatic N) is 3. The summed E-state index contributed by atoms with van der Waals surface area (Å²) in [4.78, 5) is 12.1. The first kappa shape index (κ1) is 15.7. The first-order valence-electron chi connectivity index (χ1n) is 6.85. The van der Waals surface area contributed by atoms with E-state index in [0.29, 0.717) is 13.0 Å². The van der Waals surface area contributed by atoms with Crippen molar-refractivity contribution in [1.82, 2.24) is 15.0 Å². The summed E-state index contributed by atoms with van der Waals surface area (Å²) in [6.45, 7) is 2.45. The van der Waals surface area contributed by atoms with E-state index in [2.05, 4.69) is 25.7 Å². The van der Waals surface area contributed by atoms with E-state index in [1.54, 1.807) is 0 Å². The Morgan fingerprint density at radius 2 is 2.10 bits per heavy atom. The van der Waals surface area contributed by atoms with Crippen molar-refractivity contribution in [3.8, 4) is 6.01 Å². The molecule has 1 saturated heterocycles. The lowest BCUT2D eigenvalue weighted by Gasteiger charge is -2.23. The van der Waals surface area contributed by atoms with Gasteiger partial charge in [-0.1, -0.05) is 6.92 Å². The second kappa shape index (κ2) is 6.85. The van der Waals surface area contributed by atoms with Gasteiger partial charge in [-0.2, -0.15) is 15.0 Å². The smallest absolute Gasteiger partial charge is 0.323 e. The number of nitrogens with one attached hydrogen (secondary N) is 2. The van der Waals surface area contributed by atoms with Crippen LogP contribution in [0.15, 0.2) is 0 Å². The summed E-state index contributed by atoms with van der Waals surface area (Å²) in [5.41, 5.74) is 2.34. The topological polar surface area (TPSA) is 132 Å². The minimum Gasteiger partial charge on any atom is -0.463 e. The van der Waals surface area contributed by atoms with Crippen LogP contribution in [-0.2, 0) is 9.84 Å². The van der Waals surface area contributed by atoms with Gasteiger partial charge in [-0.3, -0.25) is 5.43 Å². The zero-order valence-corrected chi connectivity index (χ0v) is 12.7. The van der Waals surface area contributed by atoms with Crippen molar-refractivity contribution in [2.45, 2.75) is 32.2 Å². The molecule has 0 aromatic carbocycles. The molecule has 2 heterocycles. The average Bonchev–Trinajstić information content (AvgIpc) is 2.43. The van der Waals surface area contributed by atoms with E-state index in [1.807, 2.05) is 6.92 Å². The number of aromatic nitrogens is 3. The van der Waals surface area contributed by atoms with Crippen molar-refractivity contribution >= 4 is 21.7 Å². The fourth-order valence-corrected chi connectivity index (χ4v) is 3.70. The fraction of sp³-hybridized carbons (Fsp3) is 0.727. The van der Waals surface area contributed by atoms with Crippen molar-refractivity contribution in [3.05, 3.63) is 0 Å². The minimum absolute atomic E-state index is 0.0786. The highest BCUT2D eigenvalue weighted by Gasteiger charge is 2.25. The maximum atomic E-state index is 11.6. The molecule has 2 rings (SSSR count). The number of hydrogen-bond acceptors (Lipinski definition) is 9. The highest BCUT2D eigenvalue weighted by atomic mass is 32.2. The number of anilines is 2. The van der Waals surface area contributed by atoms with Gasteiger partial charge >= 0.3 is 6.01 Å². The number of hydrogen-bond donors (Lipinski definition) is 3. The second-order valence-corrected chi connectivity index (χ2v) is 7.08. The van der Waals surface area contributed by atoms with Gasteiger partial charge < -0.3 is 10.1 Å². The highest BCUT2D eigenvalue weighted by Crippen LogP contribution is 2.17. The molecule has 1 fully saturated rings. The van der Waals surface area contributed by atoms with Crippen molar-refractivity contribution in [2.75, 3.05) is 28.9 Å². The molecule has 1 atom stereocenters. The molecule has 1 aliphatic rings. The Morgan fingerprint density at radius 3 is 2.76 bits per heavy atom. The summed E-state index contributed by atoms with van der Waals surface area (Å²) in [6, 6.07) is -0.0585. The number of sulfone groups is 1. The summed E-state index contributed by atoms with van der Waals surface area (Å²) >= 11 is 0. The second-order valence-electron chi connectivity index (χ2n) is 4.86. The Labute approximate surface area is 123 Å². The van der Waals surface area contributed by atoms with Crippen LogP contribution < -0.4 is 21.3 Å². The van der Waals surface area contributed by atoms with Gasteiger partial charge in [0.1, 0.15) is 0 Å². The lowest BCUT2D eigenvalue weighted by Crippen LogP contribution is -2.35.